The van der Waals surface area contributed by atoms with Gasteiger partial charge in [-0.05, 0) is 36.8 Å². The lowest BCUT2D eigenvalue weighted by atomic mass is 10.1. The van der Waals surface area contributed by atoms with E-state index in [4.69, 9.17) is 11.6 Å². The van der Waals surface area contributed by atoms with E-state index in [1.165, 1.54) is 18.9 Å². The Hall–Kier alpha value is -2.72. The van der Waals surface area contributed by atoms with Crippen molar-refractivity contribution >= 4 is 39.1 Å². The van der Waals surface area contributed by atoms with Gasteiger partial charge in [-0.1, -0.05) is 23.7 Å². The van der Waals surface area contributed by atoms with Crippen molar-refractivity contribution in [1.29, 1.82) is 0 Å². The smallest absolute Gasteiger partial charge is 0.244 e. The van der Waals surface area contributed by atoms with Gasteiger partial charge in [0.15, 0.2) is 11.6 Å². The Kier molecular flexibility index (Phi) is 7.96. The molecule has 2 amide bonds. The third kappa shape index (κ3) is 6.38. The molecule has 0 saturated carbocycles. The van der Waals surface area contributed by atoms with Crippen molar-refractivity contribution in [3.05, 3.63) is 64.7 Å². The number of amides is 2. The number of hydrogen-bond donors (Lipinski definition) is 1. The van der Waals surface area contributed by atoms with Crippen molar-refractivity contribution in [2.24, 2.45) is 0 Å². The molecule has 11 heteroatoms. The van der Waals surface area contributed by atoms with Crippen molar-refractivity contribution < 1.29 is 26.8 Å². The van der Waals surface area contributed by atoms with Gasteiger partial charge in [-0.3, -0.25) is 13.9 Å². The first-order valence-corrected chi connectivity index (χ1v) is 11.3. The minimum atomic E-state index is -4.03. The van der Waals surface area contributed by atoms with Gasteiger partial charge in [-0.2, -0.15) is 0 Å². The first-order chi connectivity index (χ1) is 14.4. The molecule has 168 valence electrons. The number of carbonyl (C=O) groups excluding carboxylic acids is 2. The van der Waals surface area contributed by atoms with E-state index in [1.54, 1.807) is 24.3 Å². The Balaban J connectivity index is 2.39. The molecule has 0 aliphatic heterocycles. The lowest BCUT2D eigenvalue weighted by Gasteiger charge is -2.31. The molecule has 0 aliphatic carbocycles. The maximum atomic E-state index is 13.7. The number of likely N-dealkylation sites (N-methyl/N-ethyl adjacent to an activating group) is 1. The Morgan fingerprint density at radius 3 is 2.23 bits per heavy atom. The van der Waals surface area contributed by atoms with Gasteiger partial charge in [0.25, 0.3) is 0 Å². The van der Waals surface area contributed by atoms with E-state index in [9.17, 15) is 26.8 Å². The fraction of sp³-hybridized carbons (Fsp3) is 0.300. The van der Waals surface area contributed by atoms with Crippen LogP contribution in [0.25, 0.3) is 0 Å². The highest BCUT2D eigenvalue weighted by atomic mass is 35.5. The number of nitrogens with one attached hydrogen (secondary N) is 1. The van der Waals surface area contributed by atoms with Crippen LogP contribution in [0.15, 0.2) is 42.5 Å². The molecule has 0 aliphatic rings. The monoisotopic (exact) mass is 473 g/mol. The molecule has 0 radical (unpaired) electrons. The summed E-state index contributed by atoms with van der Waals surface area (Å²) in [6.07, 6.45) is 0.841. The first-order valence-electron chi connectivity index (χ1n) is 9.12. The average Bonchev–Trinajstić information content (AvgIpc) is 2.71. The van der Waals surface area contributed by atoms with Crippen molar-refractivity contribution in [2.45, 2.75) is 19.5 Å². The van der Waals surface area contributed by atoms with Crippen molar-refractivity contribution in [3.8, 4) is 0 Å². The standard InChI is InChI=1S/C20H22ClF2N3O4S/c1-13(20(28)24-2)25(11-14-4-6-15(21)7-5-14)19(27)12-26(31(3,29)30)16-8-9-17(22)18(23)10-16/h4-10,13H,11-12H2,1-3H3,(H,24,28)/t13-/m0/s1. The van der Waals surface area contributed by atoms with Crippen LogP contribution in [0, 0.1) is 11.6 Å². The zero-order chi connectivity index (χ0) is 23.3. The predicted molar refractivity (Wildman–Crippen MR) is 114 cm³/mol. The number of carbonyl (C=O) groups is 2. The van der Waals surface area contributed by atoms with E-state index in [-0.39, 0.29) is 12.2 Å². The first kappa shape index (κ1) is 24.5. The molecule has 2 aromatic carbocycles. The van der Waals surface area contributed by atoms with Crippen LogP contribution < -0.4 is 9.62 Å². The molecular weight excluding hydrogens is 452 g/mol. The van der Waals surface area contributed by atoms with Gasteiger partial charge in [0.2, 0.25) is 21.8 Å². The highest BCUT2D eigenvalue weighted by Crippen LogP contribution is 2.21. The zero-order valence-electron chi connectivity index (χ0n) is 17.1. The molecule has 2 rings (SSSR count). The normalized spacial score (nSPS) is 12.2. The minimum absolute atomic E-state index is 0.0000300. The molecule has 0 bridgehead atoms. The van der Waals surface area contributed by atoms with Crippen LogP contribution in [0.1, 0.15) is 12.5 Å². The van der Waals surface area contributed by atoms with Crippen LogP contribution in [0.2, 0.25) is 5.02 Å². The van der Waals surface area contributed by atoms with Crippen molar-refractivity contribution in [1.82, 2.24) is 10.2 Å². The van der Waals surface area contributed by atoms with Gasteiger partial charge in [-0.15, -0.1) is 0 Å². The van der Waals surface area contributed by atoms with Crippen molar-refractivity contribution in [3.63, 3.8) is 0 Å². The maximum absolute atomic E-state index is 13.7. The van der Waals surface area contributed by atoms with E-state index < -0.39 is 46.1 Å². The van der Waals surface area contributed by atoms with Gasteiger partial charge in [0.05, 0.1) is 11.9 Å². The number of anilines is 1. The lowest BCUT2D eigenvalue weighted by molar-refractivity contribution is -0.139. The van der Waals surface area contributed by atoms with Gasteiger partial charge in [0.1, 0.15) is 12.6 Å². The average molecular weight is 474 g/mol. The number of nitrogens with zero attached hydrogens (tertiary/aromatic N) is 2. The quantitative estimate of drug-likeness (QED) is 0.638. The van der Waals surface area contributed by atoms with Crippen molar-refractivity contribution in [2.75, 3.05) is 24.2 Å². The third-order valence-corrected chi connectivity index (χ3v) is 5.94. The van der Waals surface area contributed by atoms with Crippen LogP contribution >= 0.6 is 11.6 Å². The number of hydrogen-bond acceptors (Lipinski definition) is 4. The molecule has 0 spiro atoms. The predicted octanol–water partition coefficient (Wildman–Crippen LogP) is 2.55. The van der Waals surface area contributed by atoms with E-state index >= 15 is 0 Å². The minimum Gasteiger partial charge on any atom is -0.357 e. The summed E-state index contributed by atoms with van der Waals surface area (Å²) in [5, 5.41) is 2.94. The molecular formula is C20H22ClF2N3O4S. The Morgan fingerprint density at radius 1 is 1.10 bits per heavy atom. The zero-order valence-corrected chi connectivity index (χ0v) is 18.7. The van der Waals surface area contributed by atoms with E-state index in [2.05, 4.69) is 5.32 Å². The van der Waals surface area contributed by atoms with Gasteiger partial charge in [-0.25, -0.2) is 17.2 Å². The molecule has 0 aromatic heterocycles. The SMILES string of the molecule is CNC(=O)[C@H](C)N(Cc1ccc(Cl)cc1)C(=O)CN(c1ccc(F)c(F)c1)S(C)(=O)=O. The second kappa shape index (κ2) is 10.1. The summed E-state index contributed by atoms with van der Waals surface area (Å²) in [7, 11) is -2.62. The number of halogens is 3. The second-order valence-corrected chi connectivity index (χ2v) is 9.15. The summed E-state index contributed by atoms with van der Waals surface area (Å²) in [6, 6.07) is 8.16. The summed E-state index contributed by atoms with van der Waals surface area (Å²) < 4.78 is 52.2. The van der Waals surface area contributed by atoms with E-state index in [0.717, 1.165) is 18.4 Å². The summed E-state index contributed by atoms with van der Waals surface area (Å²) in [5.41, 5.74) is 0.445. The van der Waals surface area contributed by atoms with Gasteiger partial charge in [0, 0.05) is 24.7 Å². The fourth-order valence-electron chi connectivity index (χ4n) is 2.83. The molecule has 0 heterocycles. The molecule has 31 heavy (non-hydrogen) atoms. The molecule has 7 nitrogen and oxygen atoms in total. The van der Waals surface area contributed by atoms with Crippen LogP contribution in [0.4, 0.5) is 14.5 Å². The largest absolute Gasteiger partial charge is 0.357 e. The summed E-state index contributed by atoms with van der Waals surface area (Å²) in [5.74, 6) is -3.57. The Morgan fingerprint density at radius 2 is 1.71 bits per heavy atom. The fourth-order valence-corrected chi connectivity index (χ4v) is 3.80. The molecule has 0 saturated heterocycles. The molecule has 1 N–H and O–H groups in total. The Bertz CT molecular complexity index is 1060. The summed E-state index contributed by atoms with van der Waals surface area (Å²) >= 11 is 5.88. The van der Waals surface area contributed by atoms with E-state index in [1.807, 2.05) is 0 Å². The van der Waals surface area contributed by atoms with Crippen LogP contribution in [-0.4, -0.2) is 51.0 Å². The van der Waals surface area contributed by atoms with Crippen LogP contribution in [-0.2, 0) is 26.2 Å². The number of sulfonamides is 1. The van der Waals surface area contributed by atoms with E-state index in [0.29, 0.717) is 21.0 Å². The highest BCUT2D eigenvalue weighted by Gasteiger charge is 2.30. The third-order valence-electron chi connectivity index (χ3n) is 4.55. The highest BCUT2D eigenvalue weighted by molar-refractivity contribution is 7.92. The van der Waals surface area contributed by atoms with Crippen LogP contribution in [0.3, 0.4) is 0 Å². The molecule has 1 atom stereocenters. The topological polar surface area (TPSA) is 86.8 Å². The van der Waals surface area contributed by atoms with Gasteiger partial charge >= 0.3 is 0 Å². The molecule has 0 fully saturated rings. The summed E-state index contributed by atoms with van der Waals surface area (Å²) in [4.78, 5) is 26.5. The maximum Gasteiger partial charge on any atom is 0.244 e. The molecule has 0 unspecified atom stereocenters. The Labute approximate surface area is 184 Å². The second-order valence-electron chi connectivity index (χ2n) is 6.81. The number of benzene rings is 2. The molecule has 2 aromatic rings. The summed E-state index contributed by atoms with van der Waals surface area (Å²) in [6.45, 7) is 0.786. The number of rotatable bonds is 8. The lowest BCUT2D eigenvalue weighted by Crippen LogP contribution is -2.50. The van der Waals surface area contributed by atoms with Gasteiger partial charge < -0.3 is 10.2 Å². The van der Waals surface area contributed by atoms with Crippen LogP contribution in [0.5, 0.6) is 0 Å².